The molecule has 0 aromatic carbocycles. The Bertz CT molecular complexity index is 169. The minimum absolute atomic E-state index is 0.0613. The van der Waals surface area contributed by atoms with E-state index < -0.39 is 5.97 Å². The molecule has 2 bridgehead atoms. The molecule has 0 spiro atoms. The van der Waals surface area contributed by atoms with E-state index in [4.69, 9.17) is 5.11 Å². The molecule has 2 fully saturated rings. The van der Waals surface area contributed by atoms with E-state index in [-0.39, 0.29) is 5.92 Å². The van der Waals surface area contributed by atoms with Crippen LogP contribution in [-0.2, 0) is 4.79 Å². The van der Waals surface area contributed by atoms with Crippen molar-refractivity contribution >= 4 is 5.97 Å². The molecule has 56 valence electrons. The number of carbonyl (C=O) groups is 1. The second kappa shape index (κ2) is 1.95. The summed E-state index contributed by atoms with van der Waals surface area (Å²) in [7, 11) is 0. The highest BCUT2D eigenvalue weighted by molar-refractivity contribution is 5.71. The molecule has 2 aliphatic rings. The van der Waals surface area contributed by atoms with Gasteiger partial charge in [0.05, 0.1) is 5.92 Å². The highest BCUT2D eigenvalue weighted by atomic mass is 16.4. The number of hydrogen-bond donors (Lipinski definition) is 1. The van der Waals surface area contributed by atoms with Crippen molar-refractivity contribution in [2.45, 2.75) is 6.42 Å². The second-order valence-corrected chi connectivity index (χ2v) is 3.25. The first-order valence-electron chi connectivity index (χ1n) is 3.72. The smallest absolute Gasteiger partial charge is 0.308 e. The minimum atomic E-state index is -0.604. The number of carboxylic acids is 1. The standard InChI is InChI=1S/C7H11NO2/c9-7(10)6-4-8-2-1-5(6)3-8/h5-6H,1-4H2,(H,9,10)/t5-,6+/m0/s1. The summed E-state index contributed by atoms with van der Waals surface area (Å²) in [5.74, 6) is -0.210. The summed E-state index contributed by atoms with van der Waals surface area (Å²) in [6.45, 7) is 2.94. The van der Waals surface area contributed by atoms with Crippen LogP contribution >= 0.6 is 0 Å². The Kier molecular flexibility index (Phi) is 1.20. The number of rotatable bonds is 1. The number of carboxylic acid groups (broad SMARTS) is 1. The lowest BCUT2D eigenvalue weighted by molar-refractivity contribution is -0.143. The zero-order chi connectivity index (χ0) is 7.14. The molecule has 0 radical (unpaired) electrons. The second-order valence-electron chi connectivity index (χ2n) is 3.25. The Balaban J connectivity index is 2.08. The predicted molar refractivity (Wildman–Crippen MR) is 35.7 cm³/mol. The molecular formula is C7H11NO2. The number of piperidine rings is 1. The Morgan fingerprint density at radius 3 is 2.60 bits per heavy atom. The molecule has 0 aliphatic carbocycles. The predicted octanol–water partition coefficient (Wildman–Crippen LogP) is 0.0227. The third-order valence-electron chi connectivity index (χ3n) is 2.65. The van der Waals surface area contributed by atoms with Crippen LogP contribution < -0.4 is 0 Å². The van der Waals surface area contributed by atoms with E-state index in [1.165, 1.54) is 0 Å². The number of hydrogen-bond acceptors (Lipinski definition) is 2. The number of nitrogens with zero attached hydrogens (tertiary/aromatic N) is 1. The summed E-state index contributed by atoms with van der Waals surface area (Å²) in [5, 5.41) is 8.71. The van der Waals surface area contributed by atoms with Gasteiger partial charge in [-0.1, -0.05) is 0 Å². The topological polar surface area (TPSA) is 40.5 Å². The number of aliphatic carboxylic acids is 1. The summed E-state index contributed by atoms with van der Waals surface area (Å²) in [4.78, 5) is 12.8. The quantitative estimate of drug-likeness (QED) is 0.559. The van der Waals surface area contributed by atoms with Crippen molar-refractivity contribution in [3.05, 3.63) is 0 Å². The average molecular weight is 141 g/mol. The largest absolute Gasteiger partial charge is 0.481 e. The molecular weight excluding hydrogens is 130 g/mol. The van der Waals surface area contributed by atoms with Gasteiger partial charge >= 0.3 is 5.97 Å². The van der Waals surface area contributed by atoms with Gasteiger partial charge in [-0.05, 0) is 18.9 Å². The van der Waals surface area contributed by atoms with Crippen LogP contribution in [0.2, 0.25) is 0 Å². The van der Waals surface area contributed by atoms with Gasteiger partial charge in [-0.3, -0.25) is 4.79 Å². The monoisotopic (exact) mass is 141 g/mol. The minimum Gasteiger partial charge on any atom is -0.481 e. The van der Waals surface area contributed by atoms with Crippen LogP contribution in [0.25, 0.3) is 0 Å². The maximum Gasteiger partial charge on any atom is 0.308 e. The summed E-state index contributed by atoms with van der Waals surface area (Å²) in [5.41, 5.74) is 0. The average Bonchev–Trinajstić information content (AvgIpc) is 2.44. The molecule has 3 atom stereocenters. The van der Waals surface area contributed by atoms with Crippen LogP contribution in [0.1, 0.15) is 6.42 Å². The van der Waals surface area contributed by atoms with E-state index >= 15 is 0 Å². The van der Waals surface area contributed by atoms with Crippen LogP contribution in [-0.4, -0.2) is 35.6 Å². The van der Waals surface area contributed by atoms with Gasteiger partial charge in [0.25, 0.3) is 0 Å². The molecule has 3 nitrogen and oxygen atoms in total. The summed E-state index contributed by atoms with van der Waals surface area (Å²) in [6.07, 6.45) is 1.09. The van der Waals surface area contributed by atoms with Crippen LogP contribution in [0.5, 0.6) is 0 Å². The van der Waals surface area contributed by atoms with Gasteiger partial charge in [-0.2, -0.15) is 0 Å². The van der Waals surface area contributed by atoms with Crippen molar-refractivity contribution in [1.29, 1.82) is 0 Å². The number of fused-ring (bicyclic) bond motifs is 2. The Hall–Kier alpha value is -0.570. The van der Waals surface area contributed by atoms with E-state index in [0.717, 1.165) is 26.1 Å². The molecule has 0 saturated carbocycles. The molecule has 3 heteroatoms. The van der Waals surface area contributed by atoms with Crippen molar-refractivity contribution < 1.29 is 9.90 Å². The van der Waals surface area contributed by atoms with E-state index in [0.29, 0.717) is 5.92 Å². The van der Waals surface area contributed by atoms with Gasteiger partial charge in [0, 0.05) is 13.1 Å². The fraction of sp³-hybridized carbons (Fsp3) is 0.857. The zero-order valence-electron chi connectivity index (χ0n) is 5.79. The molecule has 2 saturated heterocycles. The highest BCUT2D eigenvalue weighted by Crippen LogP contribution is 2.32. The first kappa shape index (κ1) is 6.16. The Morgan fingerprint density at radius 1 is 1.50 bits per heavy atom. The zero-order valence-corrected chi connectivity index (χ0v) is 5.79. The van der Waals surface area contributed by atoms with Gasteiger partial charge in [0.2, 0.25) is 0 Å². The maximum absolute atomic E-state index is 10.6. The van der Waals surface area contributed by atoms with Crippen LogP contribution in [0.4, 0.5) is 0 Å². The third-order valence-corrected chi connectivity index (χ3v) is 2.65. The molecule has 0 amide bonds. The van der Waals surface area contributed by atoms with Gasteiger partial charge in [0.15, 0.2) is 0 Å². The van der Waals surface area contributed by atoms with E-state index in [1.54, 1.807) is 0 Å². The third kappa shape index (κ3) is 0.736. The van der Waals surface area contributed by atoms with Crippen LogP contribution in [0, 0.1) is 11.8 Å². The first-order chi connectivity index (χ1) is 4.77. The van der Waals surface area contributed by atoms with E-state index in [9.17, 15) is 4.79 Å². The van der Waals surface area contributed by atoms with Gasteiger partial charge in [-0.25, -0.2) is 0 Å². The normalized spacial score (nSPS) is 44.2. The Labute approximate surface area is 59.6 Å². The van der Waals surface area contributed by atoms with Gasteiger partial charge in [0.1, 0.15) is 0 Å². The van der Waals surface area contributed by atoms with Gasteiger partial charge in [-0.15, -0.1) is 0 Å². The lowest BCUT2D eigenvalue weighted by atomic mass is 9.93. The first-order valence-corrected chi connectivity index (χ1v) is 3.72. The van der Waals surface area contributed by atoms with Crippen molar-refractivity contribution in [2.75, 3.05) is 19.6 Å². The van der Waals surface area contributed by atoms with E-state index in [2.05, 4.69) is 4.90 Å². The summed E-state index contributed by atoms with van der Waals surface area (Å²) < 4.78 is 0. The van der Waals surface area contributed by atoms with Crippen LogP contribution in [0.15, 0.2) is 0 Å². The molecule has 1 N–H and O–H groups in total. The van der Waals surface area contributed by atoms with Crippen molar-refractivity contribution in [3.8, 4) is 0 Å². The lowest BCUT2D eigenvalue weighted by Gasteiger charge is -2.17. The van der Waals surface area contributed by atoms with Crippen molar-refractivity contribution in [2.24, 2.45) is 11.8 Å². The Morgan fingerprint density at radius 2 is 2.30 bits per heavy atom. The SMILES string of the molecule is O=C(O)[C@@H]1CN2CC[C@H]1C2. The lowest BCUT2D eigenvalue weighted by Crippen LogP contribution is -2.28. The fourth-order valence-electron chi connectivity index (χ4n) is 2.06. The summed E-state index contributed by atoms with van der Waals surface area (Å²) >= 11 is 0. The molecule has 2 rings (SSSR count). The fourth-order valence-corrected chi connectivity index (χ4v) is 2.06. The van der Waals surface area contributed by atoms with Crippen LogP contribution in [0.3, 0.4) is 0 Å². The van der Waals surface area contributed by atoms with Crippen molar-refractivity contribution in [1.82, 2.24) is 4.90 Å². The molecule has 2 aliphatic heterocycles. The van der Waals surface area contributed by atoms with E-state index in [1.807, 2.05) is 0 Å². The molecule has 0 aromatic rings. The molecule has 0 aromatic heterocycles. The summed E-state index contributed by atoms with van der Waals surface area (Å²) in [6, 6.07) is 0. The highest BCUT2D eigenvalue weighted by Gasteiger charge is 2.41. The molecule has 10 heavy (non-hydrogen) atoms. The van der Waals surface area contributed by atoms with Crippen molar-refractivity contribution in [3.63, 3.8) is 0 Å². The van der Waals surface area contributed by atoms with Gasteiger partial charge < -0.3 is 10.0 Å². The maximum atomic E-state index is 10.6. The molecule has 1 unspecified atom stereocenters. The molecule has 2 heterocycles.